The quantitative estimate of drug-likeness (QED) is 0.837. The van der Waals surface area contributed by atoms with E-state index < -0.39 is 6.10 Å². The molecular formula is C14H17N3O. The summed E-state index contributed by atoms with van der Waals surface area (Å²) < 4.78 is 1.86. The molecule has 1 aromatic heterocycles. The number of aliphatic hydroxyl groups is 1. The Kier molecular flexibility index (Phi) is 2.89. The van der Waals surface area contributed by atoms with E-state index in [-0.39, 0.29) is 6.04 Å². The molecule has 1 aliphatic heterocycles. The lowest BCUT2D eigenvalue weighted by atomic mass is 9.90. The third-order valence-electron chi connectivity index (χ3n) is 3.62. The Morgan fingerprint density at radius 2 is 2.28 bits per heavy atom. The number of imidazole rings is 1. The van der Waals surface area contributed by atoms with Gasteiger partial charge in [-0.3, -0.25) is 0 Å². The van der Waals surface area contributed by atoms with Gasteiger partial charge in [-0.2, -0.15) is 0 Å². The topological polar surface area (TPSA) is 50.1 Å². The van der Waals surface area contributed by atoms with Crippen LogP contribution in [0.25, 0.3) is 0 Å². The van der Waals surface area contributed by atoms with Gasteiger partial charge in [-0.05, 0) is 24.1 Å². The van der Waals surface area contributed by atoms with Crippen molar-refractivity contribution in [2.24, 2.45) is 7.05 Å². The van der Waals surface area contributed by atoms with E-state index in [0.29, 0.717) is 0 Å². The third-order valence-corrected chi connectivity index (χ3v) is 3.62. The molecule has 0 bridgehead atoms. The summed E-state index contributed by atoms with van der Waals surface area (Å²) >= 11 is 0. The molecule has 2 heterocycles. The highest BCUT2D eigenvalue weighted by molar-refractivity contribution is 5.34. The van der Waals surface area contributed by atoms with Crippen LogP contribution in [0.3, 0.4) is 0 Å². The van der Waals surface area contributed by atoms with E-state index in [9.17, 15) is 5.11 Å². The number of benzene rings is 1. The molecule has 2 N–H and O–H groups in total. The Morgan fingerprint density at radius 1 is 1.44 bits per heavy atom. The molecule has 4 nitrogen and oxygen atoms in total. The van der Waals surface area contributed by atoms with E-state index in [1.807, 2.05) is 17.7 Å². The second-order valence-corrected chi connectivity index (χ2v) is 4.75. The monoisotopic (exact) mass is 243 g/mol. The van der Waals surface area contributed by atoms with Crippen LogP contribution >= 0.6 is 0 Å². The van der Waals surface area contributed by atoms with Crippen molar-refractivity contribution in [3.05, 3.63) is 53.6 Å². The zero-order valence-electron chi connectivity index (χ0n) is 10.4. The summed E-state index contributed by atoms with van der Waals surface area (Å²) in [6.45, 7) is 0.899. The van der Waals surface area contributed by atoms with Gasteiger partial charge in [0, 0.05) is 7.05 Å². The van der Waals surface area contributed by atoms with Crippen LogP contribution < -0.4 is 5.32 Å². The Bertz CT molecular complexity index is 549. The predicted molar refractivity (Wildman–Crippen MR) is 69.1 cm³/mol. The molecular weight excluding hydrogens is 226 g/mol. The van der Waals surface area contributed by atoms with Crippen molar-refractivity contribution in [3.63, 3.8) is 0 Å². The number of aryl methyl sites for hydroxylation is 1. The molecule has 1 aliphatic rings. The van der Waals surface area contributed by atoms with E-state index in [4.69, 9.17) is 0 Å². The molecule has 1 aromatic carbocycles. The van der Waals surface area contributed by atoms with Crippen molar-refractivity contribution in [3.8, 4) is 0 Å². The number of aromatic nitrogens is 2. The van der Waals surface area contributed by atoms with Crippen LogP contribution in [0.2, 0.25) is 0 Å². The number of hydrogen-bond acceptors (Lipinski definition) is 3. The standard InChI is InChI=1S/C14H17N3O/c1-17-9-15-8-12(17)14(18)13-11-5-3-2-4-10(11)6-7-16-13/h2-5,8-9,13-14,16,18H,6-7H2,1H3. The minimum atomic E-state index is -0.570. The van der Waals surface area contributed by atoms with E-state index in [0.717, 1.165) is 18.7 Å². The van der Waals surface area contributed by atoms with Crippen LogP contribution in [-0.2, 0) is 13.5 Å². The zero-order chi connectivity index (χ0) is 12.5. The second-order valence-electron chi connectivity index (χ2n) is 4.75. The van der Waals surface area contributed by atoms with Crippen molar-refractivity contribution in [1.29, 1.82) is 0 Å². The maximum absolute atomic E-state index is 10.5. The van der Waals surface area contributed by atoms with Crippen molar-refractivity contribution >= 4 is 0 Å². The van der Waals surface area contributed by atoms with Gasteiger partial charge >= 0.3 is 0 Å². The average molecular weight is 243 g/mol. The fourth-order valence-electron chi connectivity index (χ4n) is 2.64. The number of aliphatic hydroxyl groups excluding tert-OH is 1. The summed E-state index contributed by atoms with van der Waals surface area (Å²) in [6, 6.07) is 8.25. The molecule has 94 valence electrons. The highest BCUT2D eigenvalue weighted by Crippen LogP contribution is 2.32. The summed E-state index contributed by atoms with van der Waals surface area (Å²) in [5, 5.41) is 13.9. The van der Waals surface area contributed by atoms with Crippen LogP contribution in [0.5, 0.6) is 0 Å². The van der Waals surface area contributed by atoms with Crippen LogP contribution in [0, 0.1) is 0 Å². The normalized spacial score (nSPS) is 20.4. The van der Waals surface area contributed by atoms with Crippen LogP contribution in [0.1, 0.15) is 29.0 Å². The van der Waals surface area contributed by atoms with Gasteiger partial charge in [-0.1, -0.05) is 24.3 Å². The van der Waals surface area contributed by atoms with Gasteiger partial charge in [0.1, 0.15) is 6.10 Å². The lowest BCUT2D eigenvalue weighted by molar-refractivity contribution is 0.118. The summed E-state index contributed by atoms with van der Waals surface area (Å²) in [5.74, 6) is 0. The number of rotatable bonds is 2. The Hall–Kier alpha value is -1.65. The highest BCUT2D eigenvalue weighted by Gasteiger charge is 2.28. The molecule has 0 saturated heterocycles. The van der Waals surface area contributed by atoms with Crippen molar-refractivity contribution in [2.45, 2.75) is 18.6 Å². The van der Waals surface area contributed by atoms with Crippen LogP contribution in [-0.4, -0.2) is 21.2 Å². The molecule has 2 atom stereocenters. The van der Waals surface area contributed by atoms with Gasteiger partial charge in [0.15, 0.2) is 0 Å². The molecule has 0 radical (unpaired) electrons. The van der Waals surface area contributed by atoms with Gasteiger partial charge in [0.2, 0.25) is 0 Å². The number of nitrogens with zero attached hydrogens (tertiary/aromatic N) is 2. The van der Waals surface area contributed by atoms with Crippen molar-refractivity contribution in [1.82, 2.24) is 14.9 Å². The number of hydrogen-bond donors (Lipinski definition) is 2. The minimum absolute atomic E-state index is 0.0506. The maximum atomic E-state index is 10.5. The van der Waals surface area contributed by atoms with Gasteiger partial charge in [-0.15, -0.1) is 0 Å². The molecule has 0 saturated carbocycles. The molecule has 0 amide bonds. The number of fused-ring (bicyclic) bond motifs is 1. The Labute approximate surface area is 106 Å². The van der Waals surface area contributed by atoms with E-state index in [2.05, 4.69) is 28.5 Å². The first kappa shape index (κ1) is 11.4. The molecule has 4 heteroatoms. The van der Waals surface area contributed by atoms with Crippen LogP contribution in [0.4, 0.5) is 0 Å². The summed E-state index contributed by atoms with van der Waals surface area (Å²) in [6.07, 6.45) is 3.89. The number of nitrogens with one attached hydrogen (secondary N) is 1. The average Bonchev–Trinajstić information content (AvgIpc) is 2.83. The van der Waals surface area contributed by atoms with Crippen molar-refractivity contribution < 1.29 is 5.11 Å². The van der Waals surface area contributed by atoms with E-state index in [1.165, 1.54) is 11.1 Å². The summed E-state index contributed by atoms with van der Waals surface area (Å²) in [5.41, 5.74) is 3.35. The highest BCUT2D eigenvalue weighted by atomic mass is 16.3. The summed E-state index contributed by atoms with van der Waals surface area (Å²) in [7, 11) is 1.90. The van der Waals surface area contributed by atoms with Gasteiger partial charge < -0.3 is 15.0 Å². The fourth-order valence-corrected chi connectivity index (χ4v) is 2.64. The molecule has 3 rings (SSSR count). The first-order valence-electron chi connectivity index (χ1n) is 6.23. The first-order valence-corrected chi connectivity index (χ1v) is 6.23. The Balaban J connectivity index is 1.97. The van der Waals surface area contributed by atoms with Gasteiger partial charge in [0.25, 0.3) is 0 Å². The molecule has 0 aliphatic carbocycles. The van der Waals surface area contributed by atoms with E-state index in [1.54, 1.807) is 12.5 Å². The van der Waals surface area contributed by atoms with Crippen LogP contribution in [0.15, 0.2) is 36.8 Å². The largest absolute Gasteiger partial charge is 0.385 e. The molecule has 2 unspecified atom stereocenters. The lowest BCUT2D eigenvalue weighted by Gasteiger charge is -2.30. The van der Waals surface area contributed by atoms with Gasteiger partial charge in [-0.25, -0.2) is 4.98 Å². The van der Waals surface area contributed by atoms with E-state index >= 15 is 0 Å². The first-order chi connectivity index (χ1) is 8.77. The predicted octanol–water partition coefficient (Wildman–Crippen LogP) is 1.34. The molecule has 0 spiro atoms. The smallest absolute Gasteiger partial charge is 0.115 e. The zero-order valence-corrected chi connectivity index (χ0v) is 10.4. The third kappa shape index (κ3) is 1.83. The molecule has 0 fully saturated rings. The molecule has 2 aromatic rings. The second kappa shape index (κ2) is 4.55. The Morgan fingerprint density at radius 3 is 3.06 bits per heavy atom. The lowest BCUT2D eigenvalue weighted by Crippen LogP contribution is -2.34. The molecule has 18 heavy (non-hydrogen) atoms. The SMILES string of the molecule is Cn1cncc1C(O)C1NCCc2ccccc21. The fraction of sp³-hybridized carbons (Fsp3) is 0.357. The summed E-state index contributed by atoms with van der Waals surface area (Å²) in [4.78, 5) is 4.07. The van der Waals surface area contributed by atoms with Gasteiger partial charge in [0.05, 0.1) is 24.3 Å². The van der Waals surface area contributed by atoms with Crippen molar-refractivity contribution in [2.75, 3.05) is 6.54 Å². The minimum Gasteiger partial charge on any atom is -0.385 e. The maximum Gasteiger partial charge on any atom is 0.115 e.